The molecule has 8 aliphatic rings. The summed E-state index contributed by atoms with van der Waals surface area (Å²) in [6.07, 6.45) is 18.5. The summed E-state index contributed by atoms with van der Waals surface area (Å²) in [5.41, 5.74) is 8.37. The fraction of sp³-hybridized carbons (Fsp3) is 0.651. The Morgan fingerprint density at radius 1 is 0.500 bits per heavy atom. The summed E-state index contributed by atoms with van der Waals surface area (Å²) in [5.74, 6) is 4.95. The second-order valence-corrected chi connectivity index (χ2v) is 27.8. The van der Waals surface area contributed by atoms with Gasteiger partial charge in [-0.3, -0.25) is 24.0 Å². The smallest absolute Gasteiger partial charge is 0.308 e. The van der Waals surface area contributed by atoms with E-state index in [1.165, 1.54) is 125 Å². The molecule has 19 heteroatoms. The van der Waals surface area contributed by atoms with E-state index >= 15 is 0 Å². The number of ether oxygens (including phenoxy) is 14. The van der Waals surface area contributed by atoms with E-state index in [9.17, 15) is 24.0 Å². The van der Waals surface area contributed by atoms with Gasteiger partial charge in [0.05, 0.1) is 64.2 Å². The molecule has 4 aromatic rings. The van der Waals surface area contributed by atoms with E-state index < -0.39 is 5.41 Å². The fourth-order valence-corrected chi connectivity index (χ4v) is 14.8. The normalized spacial score (nSPS) is 23.7. The highest BCUT2D eigenvalue weighted by Gasteiger charge is 2.51. The Labute approximate surface area is 611 Å². The molecule has 0 spiro atoms. The van der Waals surface area contributed by atoms with Crippen LogP contribution in [0.1, 0.15) is 200 Å². The van der Waals surface area contributed by atoms with E-state index in [0.717, 1.165) is 42.1 Å². The minimum Gasteiger partial charge on any atom is -0.496 e. The van der Waals surface area contributed by atoms with Crippen molar-refractivity contribution in [2.24, 2.45) is 34.5 Å². The number of hydrogen-bond donors (Lipinski definition) is 0. The second kappa shape index (κ2) is 45.8. The van der Waals surface area contributed by atoms with E-state index in [1.54, 1.807) is 87.9 Å². The van der Waals surface area contributed by atoms with Gasteiger partial charge in [0.1, 0.15) is 36.4 Å². The minimum atomic E-state index is -0.496. The average Bonchev–Trinajstić information content (AvgIpc) is 1.53. The first-order chi connectivity index (χ1) is 48.8. The van der Waals surface area contributed by atoms with Crippen LogP contribution in [-0.4, -0.2) is 162 Å². The number of benzene rings is 4. The number of esters is 5. The zero-order valence-corrected chi connectivity index (χ0v) is 65.3. The van der Waals surface area contributed by atoms with Crippen molar-refractivity contribution in [1.29, 1.82) is 0 Å². The van der Waals surface area contributed by atoms with Crippen molar-refractivity contribution in [1.82, 2.24) is 0 Å². The molecule has 2 bridgehead atoms. The molecular weight excluding hydrogens is 1300 g/mol. The zero-order chi connectivity index (χ0) is 75.4. The Kier molecular flexibility index (Phi) is 39.6. The Morgan fingerprint density at radius 2 is 0.941 bits per heavy atom. The van der Waals surface area contributed by atoms with Gasteiger partial charge in [0, 0.05) is 81.7 Å². The van der Waals surface area contributed by atoms with Crippen LogP contribution in [-0.2, 0) is 86.2 Å². The van der Waals surface area contributed by atoms with Gasteiger partial charge in [0.25, 0.3) is 0 Å². The first-order valence-corrected chi connectivity index (χ1v) is 37.0. The molecule has 0 amide bonds. The van der Waals surface area contributed by atoms with Crippen LogP contribution in [0.5, 0.6) is 11.5 Å². The van der Waals surface area contributed by atoms with Crippen LogP contribution in [0.4, 0.5) is 0 Å². The monoisotopic (exact) mass is 1430 g/mol. The van der Waals surface area contributed by atoms with Crippen LogP contribution < -0.4 is 9.47 Å². The number of hydrogen-bond acceptors (Lipinski definition) is 19. The molecule has 4 aromatic carbocycles. The Morgan fingerprint density at radius 3 is 1.31 bits per heavy atom. The van der Waals surface area contributed by atoms with Gasteiger partial charge >= 0.3 is 29.8 Å². The quantitative estimate of drug-likeness (QED) is 0.0510. The van der Waals surface area contributed by atoms with Crippen molar-refractivity contribution in [2.75, 3.05) is 102 Å². The third-order valence-corrected chi connectivity index (χ3v) is 19.9. The second-order valence-electron chi connectivity index (χ2n) is 27.8. The Balaban J connectivity index is 0.000000272. The van der Waals surface area contributed by atoms with Crippen LogP contribution in [0, 0.1) is 48.3 Å². The molecule has 7 fully saturated rings. The van der Waals surface area contributed by atoms with Crippen LogP contribution in [0.15, 0.2) is 84.9 Å². The molecule has 102 heavy (non-hydrogen) atoms. The average molecular weight is 1430 g/mol. The lowest BCUT2D eigenvalue weighted by Gasteiger charge is -2.43. The summed E-state index contributed by atoms with van der Waals surface area (Å²) in [7, 11) is 8.36. The molecule has 4 saturated carbocycles. The van der Waals surface area contributed by atoms with Gasteiger partial charge < -0.3 is 66.3 Å². The van der Waals surface area contributed by atoms with Crippen molar-refractivity contribution in [2.45, 2.75) is 217 Å². The maximum Gasteiger partial charge on any atom is 0.308 e. The molecule has 19 nitrogen and oxygen atoms in total. The first-order valence-electron chi connectivity index (χ1n) is 37.0. The number of aryl methyl sites for hydroxylation is 2. The van der Waals surface area contributed by atoms with E-state index in [4.69, 9.17) is 47.4 Å². The molecule has 572 valence electrons. The number of carbonyl (C=O) groups is 5. The van der Waals surface area contributed by atoms with Crippen molar-refractivity contribution in [3.8, 4) is 22.6 Å². The standard InChI is InChI=1S/C30H26O3.C14H26O5.C10H16.C9H14O5.C6H12.2C4H8O2.2C3H8O/c1-19-17-22(13-15-28(19)32-4)30(23-14-16-29(20(2)18-23)33-21(3)31)26-11-7-5-9-24(26)25-10-6-8-12-27(25)30;1-6-14(8-17-11(2)15)9-18-12(19-10-14)13(3,4)7-16-5;1-2-9-7-4-5-8(6-7)10(9)3-1;1-5(10)14-7-4-13-8-6(11-2)3-12-9(7)8;1-2-4-6-5-3-1;2*1-3-6-4(2)5;2*1-3-4-2/h5-18H,1-4H3;12H,6-10H2,1-5H3;7-10H,1-6H2;6-9H,3-4H2,1-2H3;1-6H2;2*3H2,1-2H3;2*3H2,1-2H3/t;;;6?,7?,8-,9-;;;;;/m...1...../s1. The SMILES string of the molecule is C1CC2C3CCC(C3)C2C1.C1CCCCC1.CCC1(COC(C)=O)COC(C(C)(C)COC)OC1.CCOC.CCOC.CCOC(C)=O.CCOC(C)=O.COC1CO[C@@H]2C(OC(C)=O)CO[C@H]12.COc1ccc(C2(c3ccc(OC(C)=O)c(C)c3)c3ccccc3-c3ccccc32)cc1C. The molecule has 3 aliphatic heterocycles. The van der Waals surface area contributed by atoms with Crippen molar-refractivity contribution in [3.05, 3.63) is 118 Å². The third kappa shape index (κ3) is 26.1. The Hall–Kier alpha value is -6.29. The van der Waals surface area contributed by atoms with E-state index in [1.807, 2.05) is 40.7 Å². The van der Waals surface area contributed by atoms with Gasteiger partial charge in [-0.15, -0.1) is 0 Å². The molecule has 0 N–H and O–H groups in total. The fourth-order valence-electron chi connectivity index (χ4n) is 14.8. The summed E-state index contributed by atoms with van der Waals surface area (Å²) >= 11 is 0. The van der Waals surface area contributed by atoms with Crippen molar-refractivity contribution in [3.63, 3.8) is 0 Å². The van der Waals surface area contributed by atoms with Gasteiger partial charge in [-0.2, -0.15) is 0 Å². The molecule has 0 aromatic heterocycles. The van der Waals surface area contributed by atoms with Crippen LogP contribution in [0.2, 0.25) is 0 Å². The van der Waals surface area contributed by atoms with Gasteiger partial charge in [0.15, 0.2) is 12.4 Å². The van der Waals surface area contributed by atoms with E-state index in [2.05, 4.69) is 112 Å². The summed E-state index contributed by atoms with van der Waals surface area (Å²) in [6.45, 7) is 30.2. The first kappa shape index (κ1) is 88.1. The molecular formula is C83H126O19. The molecule has 3 heterocycles. The van der Waals surface area contributed by atoms with E-state index in [-0.39, 0.29) is 71.4 Å². The maximum absolute atomic E-state index is 11.6. The van der Waals surface area contributed by atoms with Gasteiger partial charge in [-0.05, 0) is 160 Å². The Bertz CT molecular complexity index is 3010. The predicted molar refractivity (Wildman–Crippen MR) is 397 cm³/mol. The molecule has 8 atom stereocenters. The van der Waals surface area contributed by atoms with Crippen molar-refractivity contribution < 1.29 is 90.3 Å². The highest BCUT2D eigenvalue weighted by Crippen LogP contribution is 2.59. The van der Waals surface area contributed by atoms with Gasteiger partial charge in [0.2, 0.25) is 0 Å². The summed E-state index contributed by atoms with van der Waals surface area (Å²) in [6, 6.07) is 29.9. The predicted octanol–water partition coefficient (Wildman–Crippen LogP) is 15.9. The topological polar surface area (TPSA) is 215 Å². The summed E-state index contributed by atoms with van der Waals surface area (Å²) in [5, 5.41) is 0. The third-order valence-electron chi connectivity index (χ3n) is 19.9. The number of rotatable bonds is 16. The maximum atomic E-state index is 11.6. The van der Waals surface area contributed by atoms with Gasteiger partial charge in [-0.1, -0.05) is 139 Å². The molecule has 0 radical (unpaired) electrons. The lowest BCUT2D eigenvalue weighted by atomic mass is 9.67. The summed E-state index contributed by atoms with van der Waals surface area (Å²) < 4.78 is 72.1. The molecule has 12 rings (SSSR count). The number of methoxy groups -OCH3 is 5. The van der Waals surface area contributed by atoms with Gasteiger partial charge in [-0.25, -0.2) is 0 Å². The summed E-state index contributed by atoms with van der Waals surface area (Å²) in [4.78, 5) is 52.9. The lowest BCUT2D eigenvalue weighted by Crippen LogP contribution is -2.50. The lowest BCUT2D eigenvalue weighted by molar-refractivity contribution is -0.280. The number of carbonyl (C=O) groups excluding carboxylic acids is 5. The largest absolute Gasteiger partial charge is 0.496 e. The molecule has 5 aliphatic carbocycles. The van der Waals surface area contributed by atoms with Crippen molar-refractivity contribution >= 4 is 29.8 Å². The zero-order valence-electron chi connectivity index (χ0n) is 65.3. The molecule has 3 saturated heterocycles. The number of fused-ring (bicyclic) bond motifs is 9. The minimum absolute atomic E-state index is 0.0411. The van der Waals surface area contributed by atoms with Crippen LogP contribution in [0.3, 0.4) is 0 Å². The van der Waals surface area contributed by atoms with E-state index in [0.29, 0.717) is 58.6 Å². The molecule has 6 unspecified atom stereocenters. The highest BCUT2D eigenvalue weighted by molar-refractivity contribution is 5.86. The van der Waals surface area contributed by atoms with Crippen LogP contribution in [0.25, 0.3) is 11.1 Å². The van der Waals surface area contributed by atoms with Crippen LogP contribution >= 0.6 is 0 Å². The highest BCUT2D eigenvalue weighted by atomic mass is 16.7.